The lowest BCUT2D eigenvalue weighted by atomic mass is 9.92. The Hall–Kier alpha value is -2.45. The Bertz CT molecular complexity index is 997. The number of pyridine rings is 1. The van der Waals surface area contributed by atoms with Crippen molar-refractivity contribution in [1.29, 1.82) is 0 Å². The van der Waals surface area contributed by atoms with Crippen molar-refractivity contribution in [2.45, 2.75) is 30.6 Å². The highest BCUT2D eigenvalue weighted by Crippen LogP contribution is 2.26. The number of fused-ring (bicyclic) bond motifs is 1. The second-order valence-electron chi connectivity index (χ2n) is 7.42. The van der Waals surface area contributed by atoms with Crippen LogP contribution in [0.5, 0.6) is 5.88 Å². The molecule has 1 aliphatic heterocycles. The number of nitrogens with zero attached hydrogens (tertiary/aromatic N) is 3. The summed E-state index contributed by atoms with van der Waals surface area (Å²) >= 11 is 0. The van der Waals surface area contributed by atoms with Crippen LogP contribution in [0.15, 0.2) is 41.4 Å². The summed E-state index contributed by atoms with van der Waals surface area (Å²) in [6.45, 7) is 1.29. The van der Waals surface area contributed by atoms with Crippen LogP contribution in [0.3, 0.4) is 0 Å². The summed E-state index contributed by atoms with van der Waals surface area (Å²) in [4.78, 5) is 18.8. The van der Waals surface area contributed by atoms with Gasteiger partial charge in [0.25, 0.3) is 5.91 Å². The lowest BCUT2D eigenvalue weighted by molar-refractivity contribution is 0.0697. The van der Waals surface area contributed by atoms with Gasteiger partial charge < -0.3 is 9.64 Å². The highest BCUT2D eigenvalue weighted by atomic mass is 32.2. The second kappa shape index (κ2) is 8.12. The van der Waals surface area contributed by atoms with Crippen LogP contribution in [0.2, 0.25) is 0 Å². The first-order chi connectivity index (χ1) is 14.0. The Labute approximate surface area is 171 Å². The molecule has 0 radical (unpaired) electrons. The van der Waals surface area contributed by atoms with Gasteiger partial charge >= 0.3 is 0 Å². The number of rotatable bonds is 4. The minimum Gasteiger partial charge on any atom is -0.481 e. The zero-order valence-corrected chi connectivity index (χ0v) is 17.3. The van der Waals surface area contributed by atoms with Crippen molar-refractivity contribution in [3.63, 3.8) is 0 Å². The van der Waals surface area contributed by atoms with E-state index in [1.165, 1.54) is 29.6 Å². The van der Waals surface area contributed by atoms with E-state index in [2.05, 4.69) is 4.98 Å². The Morgan fingerprint density at radius 2 is 1.72 bits per heavy atom. The SMILES string of the molecule is COc1ccc(C(=O)N2CCN(S(=O)(=O)c3ccc4c(c3)CCCC4)CC2)cn1. The van der Waals surface area contributed by atoms with Gasteiger partial charge in [-0.2, -0.15) is 4.31 Å². The maximum absolute atomic E-state index is 13.1. The van der Waals surface area contributed by atoms with Crippen LogP contribution >= 0.6 is 0 Å². The maximum Gasteiger partial charge on any atom is 0.255 e. The van der Waals surface area contributed by atoms with Crippen molar-refractivity contribution in [3.8, 4) is 5.88 Å². The zero-order valence-electron chi connectivity index (χ0n) is 16.5. The van der Waals surface area contributed by atoms with E-state index in [4.69, 9.17) is 4.74 Å². The summed E-state index contributed by atoms with van der Waals surface area (Å²) in [6, 6.07) is 8.83. The third-order valence-corrected chi connectivity index (χ3v) is 7.57. The monoisotopic (exact) mass is 415 g/mol. The summed E-state index contributed by atoms with van der Waals surface area (Å²) in [5.74, 6) is 0.300. The average Bonchev–Trinajstić information content (AvgIpc) is 2.78. The first kappa shape index (κ1) is 19.8. The number of sulfonamides is 1. The lowest BCUT2D eigenvalue weighted by Gasteiger charge is -2.34. The molecule has 1 aromatic carbocycles. The van der Waals surface area contributed by atoms with Gasteiger partial charge in [0.1, 0.15) is 0 Å². The van der Waals surface area contributed by atoms with Crippen LogP contribution in [0.4, 0.5) is 0 Å². The normalized spacial score (nSPS) is 17.6. The standard InChI is InChI=1S/C21H25N3O4S/c1-28-20-9-7-18(15-22-20)21(25)23-10-12-24(13-11-23)29(26,27)19-8-6-16-4-2-3-5-17(16)14-19/h6-9,14-15H,2-5,10-13H2,1H3. The number of methoxy groups -OCH3 is 1. The quantitative estimate of drug-likeness (QED) is 0.764. The molecule has 7 nitrogen and oxygen atoms in total. The van der Waals surface area contributed by atoms with Crippen molar-refractivity contribution in [2.24, 2.45) is 0 Å². The molecule has 0 spiro atoms. The van der Waals surface area contributed by atoms with Crippen LogP contribution in [0.25, 0.3) is 0 Å². The number of aryl methyl sites for hydroxylation is 2. The first-order valence-electron chi connectivity index (χ1n) is 9.90. The fourth-order valence-electron chi connectivity index (χ4n) is 3.96. The topological polar surface area (TPSA) is 79.8 Å². The molecule has 2 aromatic rings. The van der Waals surface area contributed by atoms with E-state index in [1.54, 1.807) is 23.1 Å². The van der Waals surface area contributed by atoms with Crippen LogP contribution < -0.4 is 4.74 Å². The fraction of sp³-hybridized carbons (Fsp3) is 0.429. The van der Waals surface area contributed by atoms with E-state index in [0.717, 1.165) is 24.8 Å². The molecular formula is C21H25N3O4S. The Kier molecular flexibility index (Phi) is 5.56. The molecule has 2 heterocycles. The molecule has 1 saturated heterocycles. The number of amides is 1. The molecule has 8 heteroatoms. The fourth-order valence-corrected chi connectivity index (χ4v) is 5.43. The molecule has 154 valence electrons. The molecule has 0 unspecified atom stereocenters. The number of benzene rings is 1. The number of hydrogen-bond acceptors (Lipinski definition) is 5. The molecule has 0 N–H and O–H groups in total. The van der Waals surface area contributed by atoms with E-state index in [-0.39, 0.29) is 19.0 Å². The number of aromatic nitrogens is 1. The van der Waals surface area contributed by atoms with Gasteiger partial charge in [-0.25, -0.2) is 13.4 Å². The van der Waals surface area contributed by atoms with Crippen LogP contribution in [0.1, 0.15) is 34.3 Å². The first-order valence-corrected chi connectivity index (χ1v) is 11.3. The number of piperazine rings is 1. The number of ether oxygens (including phenoxy) is 1. The number of carbonyl (C=O) groups is 1. The lowest BCUT2D eigenvalue weighted by Crippen LogP contribution is -2.50. The molecule has 1 aliphatic carbocycles. The van der Waals surface area contributed by atoms with Crippen molar-refractivity contribution in [1.82, 2.24) is 14.2 Å². The molecule has 1 amide bonds. The van der Waals surface area contributed by atoms with Gasteiger partial charge in [-0.15, -0.1) is 0 Å². The predicted octanol–water partition coefficient (Wildman–Crippen LogP) is 2.12. The predicted molar refractivity (Wildman–Crippen MR) is 109 cm³/mol. The Balaban J connectivity index is 1.43. The van der Waals surface area contributed by atoms with Crippen LogP contribution in [0, 0.1) is 0 Å². The zero-order chi connectivity index (χ0) is 20.4. The summed E-state index contributed by atoms with van der Waals surface area (Å²) < 4.78 is 32.7. The third kappa shape index (κ3) is 4.00. The van der Waals surface area contributed by atoms with Gasteiger partial charge in [0.2, 0.25) is 15.9 Å². The second-order valence-corrected chi connectivity index (χ2v) is 9.36. The highest BCUT2D eigenvalue weighted by molar-refractivity contribution is 7.89. The van der Waals surface area contributed by atoms with Crippen molar-refractivity contribution in [3.05, 3.63) is 53.2 Å². The van der Waals surface area contributed by atoms with E-state index in [9.17, 15) is 13.2 Å². The third-order valence-electron chi connectivity index (χ3n) is 5.68. The van der Waals surface area contributed by atoms with Gasteiger partial charge in [-0.05, 0) is 55.0 Å². The van der Waals surface area contributed by atoms with E-state index in [1.807, 2.05) is 12.1 Å². The van der Waals surface area contributed by atoms with Gasteiger partial charge in [0.15, 0.2) is 0 Å². The summed E-state index contributed by atoms with van der Waals surface area (Å²) in [5, 5.41) is 0. The van der Waals surface area contributed by atoms with Crippen LogP contribution in [-0.2, 0) is 22.9 Å². The Morgan fingerprint density at radius 3 is 2.38 bits per heavy atom. The van der Waals surface area contributed by atoms with Gasteiger partial charge in [0, 0.05) is 38.4 Å². The van der Waals surface area contributed by atoms with Crippen molar-refractivity contribution in [2.75, 3.05) is 33.3 Å². The minimum absolute atomic E-state index is 0.147. The Morgan fingerprint density at radius 1 is 1.00 bits per heavy atom. The van der Waals surface area contributed by atoms with Gasteiger partial charge in [-0.1, -0.05) is 6.07 Å². The maximum atomic E-state index is 13.1. The van der Waals surface area contributed by atoms with E-state index in [0.29, 0.717) is 29.4 Å². The largest absolute Gasteiger partial charge is 0.481 e. The molecule has 0 bridgehead atoms. The summed E-state index contributed by atoms with van der Waals surface area (Å²) in [7, 11) is -2.03. The molecule has 1 aromatic heterocycles. The van der Waals surface area contributed by atoms with Crippen molar-refractivity contribution >= 4 is 15.9 Å². The molecule has 1 fully saturated rings. The summed E-state index contributed by atoms with van der Waals surface area (Å²) in [6.07, 6.45) is 5.72. The van der Waals surface area contributed by atoms with Gasteiger partial charge in [-0.3, -0.25) is 4.79 Å². The van der Waals surface area contributed by atoms with Crippen molar-refractivity contribution < 1.29 is 17.9 Å². The molecular weight excluding hydrogens is 390 g/mol. The highest BCUT2D eigenvalue weighted by Gasteiger charge is 2.31. The van der Waals surface area contributed by atoms with E-state index < -0.39 is 10.0 Å². The smallest absolute Gasteiger partial charge is 0.255 e. The average molecular weight is 416 g/mol. The summed E-state index contributed by atoms with van der Waals surface area (Å²) in [5.41, 5.74) is 2.88. The molecule has 29 heavy (non-hydrogen) atoms. The molecule has 0 saturated carbocycles. The van der Waals surface area contributed by atoms with E-state index >= 15 is 0 Å². The van der Waals surface area contributed by atoms with Crippen LogP contribution in [-0.4, -0.2) is 61.8 Å². The van der Waals surface area contributed by atoms with Gasteiger partial charge in [0.05, 0.1) is 17.6 Å². The minimum atomic E-state index is -3.55. The molecule has 2 aliphatic rings. The number of carbonyl (C=O) groups excluding carboxylic acids is 1. The number of hydrogen-bond donors (Lipinski definition) is 0. The molecule has 4 rings (SSSR count). The molecule has 0 atom stereocenters.